The normalized spacial score (nSPS) is 11.1. The maximum Gasteiger partial charge on any atom is 0.194 e. The van der Waals surface area contributed by atoms with Gasteiger partial charge in [0.15, 0.2) is 11.9 Å². The number of rotatable bonds is 4. The van der Waals surface area contributed by atoms with Crippen LogP contribution in [0.4, 0.5) is 0 Å². The van der Waals surface area contributed by atoms with Gasteiger partial charge in [-0.3, -0.25) is 4.99 Å². The summed E-state index contributed by atoms with van der Waals surface area (Å²) in [6, 6.07) is 0. The third kappa shape index (κ3) is 4.38. The Morgan fingerprint density at radius 1 is 1.56 bits per heavy atom. The maximum atomic E-state index is 5.57. The highest BCUT2D eigenvalue weighted by Crippen LogP contribution is 2.11. The molecule has 92 valence electrons. The van der Waals surface area contributed by atoms with Crippen molar-refractivity contribution in [2.75, 3.05) is 7.05 Å². The summed E-state index contributed by atoms with van der Waals surface area (Å²) >= 11 is 0. The molecule has 1 heterocycles. The van der Waals surface area contributed by atoms with Crippen LogP contribution in [0.3, 0.4) is 0 Å². The van der Waals surface area contributed by atoms with Gasteiger partial charge in [-0.2, -0.15) is 0 Å². The number of hydrogen-bond donors (Lipinski definition) is 2. The molecule has 0 aliphatic rings. The molecule has 1 rings (SSSR count). The number of hydrogen-bond acceptors (Lipinski definition) is 3. The molecule has 5 nitrogen and oxygen atoms in total. The van der Waals surface area contributed by atoms with Crippen molar-refractivity contribution in [1.82, 2.24) is 10.3 Å². The Morgan fingerprint density at radius 3 is 2.81 bits per heavy atom. The van der Waals surface area contributed by atoms with Crippen LogP contribution in [0.15, 0.2) is 9.41 Å². The molecular weight excluding hydrogens is 319 g/mol. The predicted molar refractivity (Wildman–Crippen MR) is 75.0 cm³/mol. The van der Waals surface area contributed by atoms with Crippen LogP contribution in [0.5, 0.6) is 0 Å². The molecule has 0 radical (unpaired) electrons. The van der Waals surface area contributed by atoms with E-state index in [0.29, 0.717) is 12.5 Å². The second-order valence-corrected chi connectivity index (χ2v) is 3.33. The van der Waals surface area contributed by atoms with Crippen LogP contribution in [0.25, 0.3) is 0 Å². The van der Waals surface area contributed by atoms with Crippen molar-refractivity contribution in [3.05, 3.63) is 17.3 Å². The van der Waals surface area contributed by atoms with Gasteiger partial charge in [-0.05, 0) is 13.3 Å². The number of halogens is 1. The van der Waals surface area contributed by atoms with Crippen LogP contribution in [0.1, 0.15) is 30.7 Å². The first-order chi connectivity index (χ1) is 7.17. The SMILES string of the molecule is CCCc1nc(C)c(CNC(N)=NC)o1.I. The monoisotopic (exact) mass is 338 g/mol. The fourth-order valence-electron chi connectivity index (χ4n) is 1.22. The summed E-state index contributed by atoms with van der Waals surface area (Å²) in [6.07, 6.45) is 1.91. The van der Waals surface area contributed by atoms with Gasteiger partial charge in [-0.15, -0.1) is 24.0 Å². The molecule has 6 heteroatoms. The predicted octanol–water partition coefficient (Wildman–Crippen LogP) is 1.59. The van der Waals surface area contributed by atoms with Crippen molar-refractivity contribution in [2.24, 2.45) is 10.7 Å². The Morgan fingerprint density at radius 2 is 2.25 bits per heavy atom. The standard InChI is InChI=1S/C10H18N4O.HI/c1-4-5-9-14-7(2)8(15-9)6-13-10(11)12-3;/h4-6H2,1-3H3,(H3,11,12,13);1H. The zero-order valence-electron chi connectivity index (χ0n) is 9.91. The van der Waals surface area contributed by atoms with E-state index < -0.39 is 0 Å². The second kappa shape index (κ2) is 7.48. The van der Waals surface area contributed by atoms with E-state index in [2.05, 4.69) is 22.2 Å². The van der Waals surface area contributed by atoms with E-state index in [1.165, 1.54) is 0 Å². The summed E-state index contributed by atoms with van der Waals surface area (Å²) in [7, 11) is 1.64. The van der Waals surface area contributed by atoms with Gasteiger partial charge in [0.05, 0.1) is 12.2 Å². The number of nitrogens with two attached hydrogens (primary N) is 1. The molecule has 1 aromatic heterocycles. The summed E-state index contributed by atoms with van der Waals surface area (Å²) in [6.45, 7) is 4.56. The first-order valence-electron chi connectivity index (χ1n) is 5.08. The quantitative estimate of drug-likeness (QED) is 0.497. The van der Waals surface area contributed by atoms with Crippen LogP contribution >= 0.6 is 24.0 Å². The van der Waals surface area contributed by atoms with Crippen molar-refractivity contribution in [3.63, 3.8) is 0 Å². The molecule has 3 N–H and O–H groups in total. The zero-order chi connectivity index (χ0) is 11.3. The van der Waals surface area contributed by atoms with E-state index in [0.717, 1.165) is 30.2 Å². The van der Waals surface area contributed by atoms with Gasteiger partial charge in [0.25, 0.3) is 0 Å². The Bertz CT molecular complexity index is 349. The highest BCUT2D eigenvalue weighted by atomic mass is 127. The molecule has 1 aromatic rings. The molecule has 0 aliphatic heterocycles. The summed E-state index contributed by atoms with van der Waals surface area (Å²) in [5.41, 5.74) is 6.43. The minimum atomic E-state index is 0. The lowest BCUT2D eigenvalue weighted by atomic mass is 10.3. The van der Waals surface area contributed by atoms with Crippen molar-refractivity contribution < 1.29 is 4.42 Å². The van der Waals surface area contributed by atoms with Crippen molar-refractivity contribution in [1.29, 1.82) is 0 Å². The molecule has 0 amide bonds. The zero-order valence-corrected chi connectivity index (χ0v) is 12.2. The van der Waals surface area contributed by atoms with Gasteiger partial charge in [0.2, 0.25) is 0 Å². The molecule has 0 unspecified atom stereocenters. The van der Waals surface area contributed by atoms with Crippen molar-refractivity contribution in [2.45, 2.75) is 33.2 Å². The lowest BCUT2D eigenvalue weighted by molar-refractivity contribution is 0.447. The van der Waals surface area contributed by atoms with E-state index in [-0.39, 0.29) is 24.0 Å². The molecular formula is C10H19IN4O. The van der Waals surface area contributed by atoms with Gasteiger partial charge in [0, 0.05) is 13.5 Å². The van der Waals surface area contributed by atoms with Crippen LogP contribution in [-0.2, 0) is 13.0 Å². The van der Waals surface area contributed by atoms with E-state index in [1.807, 2.05) is 6.92 Å². The molecule has 0 atom stereocenters. The maximum absolute atomic E-state index is 5.57. The highest BCUT2D eigenvalue weighted by molar-refractivity contribution is 14.0. The molecule has 16 heavy (non-hydrogen) atoms. The van der Waals surface area contributed by atoms with Crippen LogP contribution in [0, 0.1) is 6.92 Å². The summed E-state index contributed by atoms with van der Waals surface area (Å²) < 4.78 is 5.57. The average molecular weight is 338 g/mol. The minimum absolute atomic E-state index is 0. The number of oxazole rings is 1. The Hall–Kier alpha value is -0.790. The van der Waals surface area contributed by atoms with Gasteiger partial charge in [-0.1, -0.05) is 6.92 Å². The molecule has 0 saturated heterocycles. The van der Waals surface area contributed by atoms with Gasteiger partial charge < -0.3 is 15.5 Å². The van der Waals surface area contributed by atoms with Gasteiger partial charge >= 0.3 is 0 Å². The molecule has 0 bridgehead atoms. The van der Waals surface area contributed by atoms with Crippen molar-refractivity contribution in [3.8, 4) is 0 Å². The molecule has 0 aromatic carbocycles. The summed E-state index contributed by atoms with van der Waals surface area (Å²) in [5.74, 6) is 2.02. The number of nitrogens with zero attached hydrogens (tertiary/aromatic N) is 2. The first-order valence-corrected chi connectivity index (χ1v) is 5.08. The van der Waals surface area contributed by atoms with Gasteiger partial charge in [0.1, 0.15) is 5.76 Å². The third-order valence-corrected chi connectivity index (χ3v) is 2.07. The smallest absolute Gasteiger partial charge is 0.194 e. The number of aliphatic imine (C=N–C) groups is 1. The van der Waals surface area contributed by atoms with E-state index in [1.54, 1.807) is 7.05 Å². The largest absolute Gasteiger partial charge is 0.444 e. The minimum Gasteiger partial charge on any atom is -0.444 e. The van der Waals surface area contributed by atoms with Crippen molar-refractivity contribution >= 4 is 29.9 Å². The molecule has 0 fully saturated rings. The topological polar surface area (TPSA) is 76.4 Å². The fourth-order valence-corrected chi connectivity index (χ4v) is 1.22. The summed E-state index contributed by atoms with van der Waals surface area (Å²) in [4.78, 5) is 8.11. The van der Waals surface area contributed by atoms with Crippen LogP contribution < -0.4 is 11.1 Å². The highest BCUT2D eigenvalue weighted by Gasteiger charge is 2.08. The third-order valence-electron chi connectivity index (χ3n) is 2.07. The van der Waals surface area contributed by atoms with E-state index in [4.69, 9.17) is 10.2 Å². The Kier molecular flexibility index (Phi) is 7.11. The number of aryl methyl sites for hydroxylation is 2. The fraction of sp³-hybridized carbons (Fsp3) is 0.600. The van der Waals surface area contributed by atoms with E-state index in [9.17, 15) is 0 Å². The lowest BCUT2D eigenvalue weighted by Crippen LogP contribution is -2.30. The summed E-state index contributed by atoms with van der Waals surface area (Å²) in [5, 5.41) is 2.94. The Balaban J connectivity index is 0.00000225. The second-order valence-electron chi connectivity index (χ2n) is 3.33. The average Bonchev–Trinajstić information content (AvgIpc) is 2.56. The lowest BCUT2D eigenvalue weighted by Gasteiger charge is -2.01. The van der Waals surface area contributed by atoms with Crippen LogP contribution in [0.2, 0.25) is 0 Å². The van der Waals surface area contributed by atoms with Crippen LogP contribution in [-0.4, -0.2) is 18.0 Å². The molecule has 0 aliphatic carbocycles. The Labute approximate surface area is 113 Å². The molecule has 0 saturated carbocycles. The van der Waals surface area contributed by atoms with E-state index >= 15 is 0 Å². The number of guanidine groups is 1. The molecule has 0 spiro atoms. The van der Waals surface area contributed by atoms with Gasteiger partial charge in [-0.25, -0.2) is 4.98 Å². The number of aromatic nitrogens is 1. The number of nitrogens with one attached hydrogen (secondary N) is 1. The first kappa shape index (κ1) is 15.2.